The first-order valence-corrected chi connectivity index (χ1v) is 5.08. The molecule has 0 N–H and O–H groups in total. The highest BCUT2D eigenvalue weighted by molar-refractivity contribution is 6.34. The number of ketones is 1. The van der Waals surface area contributed by atoms with Crippen LogP contribution in [0.5, 0.6) is 0 Å². The van der Waals surface area contributed by atoms with E-state index in [-0.39, 0.29) is 22.8 Å². The summed E-state index contributed by atoms with van der Waals surface area (Å²) in [5, 5.41) is -0.105. The number of hydrogen-bond donors (Lipinski definition) is 0. The van der Waals surface area contributed by atoms with Crippen molar-refractivity contribution in [3.8, 4) is 0 Å². The number of allylic oxidation sites excluding steroid dienone is 1. The summed E-state index contributed by atoms with van der Waals surface area (Å²) >= 11 is 5.69. The molecule has 80 valence electrons. The Hall–Kier alpha value is -1.15. The van der Waals surface area contributed by atoms with Gasteiger partial charge in [0.05, 0.1) is 5.02 Å². The monoisotopic (exact) mass is 226 g/mol. The van der Waals surface area contributed by atoms with Crippen molar-refractivity contribution in [2.75, 3.05) is 0 Å². The molecule has 0 atom stereocenters. The smallest absolute Gasteiger partial charge is 0.168 e. The van der Waals surface area contributed by atoms with E-state index >= 15 is 0 Å². The molecule has 0 saturated heterocycles. The molecule has 3 heteroatoms. The number of benzene rings is 1. The zero-order valence-corrected chi connectivity index (χ0v) is 9.27. The summed E-state index contributed by atoms with van der Waals surface area (Å²) in [6.45, 7) is 5.65. The molecule has 0 radical (unpaired) electrons. The maximum absolute atomic E-state index is 13.1. The molecular weight excluding hydrogens is 215 g/mol. The van der Waals surface area contributed by atoms with Crippen LogP contribution >= 0.6 is 11.6 Å². The lowest BCUT2D eigenvalue weighted by molar-refractivity contribution is 0.0992. The first-order chi connectivity index (χ1) is 7.06. The topological polar surface area (TPSA) is 17.1 Å². The highest BCUT2D eigenvalue weighted by atomic mass is 35.5. The highest BCUT2D eigenvalue weighted by Crippen LogP contribution is 2.22. The molecule has 0 unspecified atom stereocenters. The van der Waals surface area contributed by atoms with Crippen molar-refractivity contribution in [1.29, 1.82) is 0 Å². The van der Waals surface area contributed by atoms with Crippen LogP contribution in [0.3, 0.4) is 0 Å². The zero-order valence-electron chi connectivity index (χ0n) is 8.52. The molecule has 1 aromatic carbocycles. The SMILES string of the molecule is C=C(CC)CC(=O)c1cccc(F)c1Cl. The van der Waals surface area contributed by atoms with Crippen molar-refractivity contribution in [3.63, 3.8) is 0 Å². The van der Waals surface area contributed by atoms with Gasteiger partial charge in [-0.2, -0.15) is 0 Å². The van der Waals surface area contributed by atoms with Crippen LogP contribution in [0.4, 0.5) is 4.39 Å². The van der Waals surface area contributed by atoms with Crippen molar-refractivity contribution in [2.24, 2.45) is 0 Å². The molecule has 0 heterocycles. The summed E-state index contributed by atoms with van der Waals surface area (Å²) in [7, 11) is 0. The average Bonchev–Trinajstić information content (AvgIpc) is 2.21. The Bertz CT molecular complexity index is 399. The van der Waals surface area contributed by atoms with Gasteiger partial charge in [-0.05, 0) is 18.6 Å². The third-order valence-electron chi connectivity index (χ3n) is 2.16. The Balaban J connectivity index is 2.92. The summed E-state index contributed by atoms with van der Waals surface area (Å²) in [4.78, 5) is 11.7. The van der Waals surface area contributed by atoms with Crippen LogP contribution in [-0.2, 0) is 0 Å². The van der Waals surface area contributed by atoms with Crippen LogP contribution in [0, 0.1) is 5.82 Å². The third-order valence-corrected chi connectivity index (χ3v) is 2.55. The number of Topliss-reactive ketones (excluding diaryl/α,β-unsaturated/α-hetero) is 1. The molecule has 0 spiro atoms. The fourth-order valence-electron chi connectivity index (χ4n) is 1.17. The third kappa shape index (κ3) is 2.90. The van der Waals surface area contributed by atoms with Gasteiger partial charge in [0.2, 0.25) is 0 Å². The Morgan fingerprint density at radius 3 is 2.80 bits per heavy atom. The first kappa shape index (κ1) is 11.9. The van der Waals surface area contributed by atoms with Crippen molar-refractivity contribution < 1.29 is 9.18 Å². The number of rotatable bonds is 4. The predicted octanol–water partition coefficient (Wildman–Crippen LogP) is 4.02. The van der Waals surface area contributed by atoms with Gasteiger partial charge in [-0.3, -0.25) is 4.79 Å². The van der Waals surface area contributed by atoms with E-state index in [2.05, 4.69) is 6.58 Å². The normalized spacial score (nSPS) is 10.1. The Morgan fingerprint density at radius 2 is 2.20 bits per heavy atom. The molecule has 0 fully saturated rings. The van der Waals surface area contributed by atoms with E-state index in [9.17, 15) is 9.18 Å². The van der Waals surface area contributed by atoms with Gasteiger partial charge in [0.1, 0.15) is 5.82 Å². The van der Waals surface area contributed by atoms with Gasteiger partial charge in [-0.15, -0.1) is 0 Å². The Labute approximate surface area is 93.6 Å². The lowest BCUT2D eigenvalue weighted by atomic mass is 10.0. The van der Waals surface area contributed by atoms with Gasteiger partial charge < -0.3 is 0 Å². The summed E-state index contributed by atoms with van der Waals surface area (Å²) in [5.41, 5.74) is 1.05. The molecule has 15 heavy (non-hydrogen) atoms. The van der Waals surface area contributed by atoms with E-state index in [0.29, 0.717) is 0 Å². The Kier molecular flexibility index (Phi) is 4.04. The van der Waals surface area contributed by atoms with Crippen molar-refractivity contribution in [3.05, 3.63) is 46.8 Å². The largest absolute Gasteiger partial charge is 0.294 e. The fourth-order valence-corrected chi connectivity index (χ4v) is 1.40. The van der Waals surface area contributed by atoms with Gasteiger partial charge in [0.15, 0.2) is 5.78 Å². The maximum Gasteiger partial charge on any atom is 0.168 e. The van der Waals surface area contributed by atoms with E-state index in [0.717, 1.165) is 12.0 Å². The lowest BCUT2D eigenvalue weighted by Crippen LogP contribution is -2.02. The van der Waals surface area contributed by atoms with E-state index in [4.69, 9.17) is 11.6 Å². The molecule has 1 aromatic rings. The first-order valence-electron chi connectivity index (χ1n) is 4.70. The Morgan fingerprint density at radius 1 is 1.53 bits per heavy atom. The molecule has 0 saturated carbocycles. The standard InChI is InChI=1S/C12H12ClFO/c1-3-8(2)7-11(15)9-5-4-6-10(14)12(9)13/h4-6H,2-3,7H2,1H3. The molecule has 0 aromatic heterocycles. The lowest BCUT2D eigenvalue weighted by Gasteiger charge is -2.04. The summed E-state index contributed by atoms with van der Waals surface area (Å²) in [6.07, 6.45) is 0.957. The molecule has 0 aliphatic carbocycles. The van der Waals surface area contributed by atoms with Crippen LogP contribution in [0.1, 0.15) is 30.1 Å². The molecular formula is C12H12ClFO. The minimum Gasteiger partial charge on any atom is -0.294 e. The van der Waals surface area contributed by atoms with Gasteiger partial charge in [0.25, 0.3) is 0 Å². The van der Waals surface area contributed by atoms with Gasteiger partial charge in [-0.25, -0.2) is 4.39 Å². The predicted molar refractivity (Wildman–Crippen MR) is 59.8 cm³/mol. The fraction of sp³-hybridized carbons (Fsp3) is 0.250. The van der Waals surface area contributed by atoms with E-state index in [1.165, 1.54) is 18.2 Å². The second-order valence-corrected chi connectivity index (χ2v) is 3.68. The number of halogens is 2. The summed E-state index contributed by atoms with van der Waals surface area (Å²) < 4.78 is 13.1. The molecule has 1 nitrogen and oxygen atoms in total. The number of carbonyl (C=O) groups is 1. The second-order valence-electron chi connectivity index (χ2n) is 3.30. The van der Waals surface area contributed by atoms with Crippen LogP contribution in [-0.4, -0.2) is 5.78 Å². The maximum atomic E-state index is 13.1. The van der Waals surface area contributed by atoms with E-state index in [1.807, 2.05) is 6.92 Å². The molecule has 0 amide bonds. The molecule has 0 aliphatic rings. The van der Waals surface area contributed by atoms with Crippen molar-refractivity contribution in [2.45, 2.75) is 19.8 Å². The van der Waals surface area contributed by atoms with Crippen LogP contribution in [0.25, 0.3) is 0 Å². The van der Waals surface area contributed by atoms with Gasteiger partial charge in [-0.1, -0.05) is 36.7 Å². The number of carbonyl (C=O) groups excluding carboxylic acids is 1. The highest BCUT2D eigenvalue weighted by Gasteiger charge is 2.13. The minimum absolute atomic E-state index is 0.105. The van der Waals surface area contributed by atoms with Crippen LogP contribution in [0.2, 0.25) is 5.02 Å². The van der Waals surface area contributed by atoms with Crippen LogP contribution < -0.4 is 0 Å². The summed E-state index contributed by atoms with van der Waals surface area (Å²) in [5.74, 6) is -0.754. The van der Waals surface area contributed by atoms with Crippen LogP contribution in [0.15, 0.2) is 30.4 Å². The van der Waals surface area contributed by atoms with Gasteiger partial charge >= 0.3 is 0 Å². The number of hydrogen-bond acceptors (Lipinski definition) is 1. The molecule has 1 rings (SSSR count). The average molecular weight is 227 g/mol. The second kappa shape index (κ2) is 5.08. The quantitative estimate of drug-likeness (QED) is 0.560. The summed E-state index contributed by atoms with van der Waals surface area (Å²) in [6, 6.07) is 4.23. The van der Waals surface area contributed by atoms with E-state index < -0.39 is 5.82 Å². The minimum atomic E-state index is -0.565. The van der Waals surface area contributed by atoms with Crippen molar-refractivity contribution in [1.82, 2.24) is 0 Å². The van der Waals surface area contributed by atoms with Crippen molar-refractivity contribution >= 4 is 17.4 Å². The molecule has 0 aliphatic heterocycles. The van der Waals surface area contributed by atoms with E-state index in [1.54, 1.807) is 0 Å². The zero-order chi connectivity index (χ0) is 11.4. The molecule has 0 bridgehead atoms. The van der Waals surface area contributed by atoms with Gasteiger partial charge in [0, 0.05) is 12.0 Å².